The maximum atomic E-state index is 11.5. The summed E-state index contributed by atoms with van der Waals surface area (Å²) >= 11 is 0. The smallest absolute Gasteiger partial charge is 0.294 e. The van der Waals surface area contributed by atoms with Gasteiger partial charge in [0.1, 0.15) is 0 Å². The molecule has 0 aromatic carbocycles. The first-order chi connectivity index (χ1) is 8.22. The van der Waals surface area contributed by atoms with Crippen LogP contribution in [0.3, 0.4) is 0 Å². The van der Waals surface area contributed by atoms with E-state index >= 15 is 0 Å². The first-order valence-electron chi connectivity index (χ1n) is 5.13. The minimum Gasteiger partial charge on any atom is -0.382 e. The fourth-order valence-corrected chi connectivity index (χ4v) is 1.34. The molecule has 0 fully saturated rings. The van der Waals surface area contributed by atoms with Gasteiger partial charge in [0.15, 0.2) is 17.3 Å². The van der Waals surface area contributed by atoms with Crippen LogP contribution in [0.25, 0.3) is 0 Å². The van der Waals surface area contributed by atoms with Crippen LogP contribution in [0.2, 0.25) is 0 Å². The average molecular weight is 232 g/mol. The van der Waals surface area contributed by atoms with Crippen LogP contribution in [0.4, 0.5) is 17.3 Å². The maximum Gasteiger partial charge on any atom is 0.294 e. The molecule has 17 heavy (non-hydrogen) atoms. The zero-order valence-electron chi connectivity index (χ0n) is 9.29. The Hall–Kier alpha value is -2.44. The van der Waals surface area contributed by atoms with Crippen LogP contribution < -0.4 is 11.3 Å². The van der Waals surface area contributed by atoms with Crippen LogP contribution in [-0.4, -0.2) is 14.8 Å². The Kier molecular flexibility index (Phi) is 2.99. The molecular formula is C10H12N6O. The van der Waals surface area contributed by atoms with Gasteiger partial charge in [-0.05, 0) is 19.1 Å². The van der Waals surface area contributed by atoms with Crippen molar-refractivity contribution in [1.82, 2.24) is 14.8 Å². The second kappa shape index (κ2) is 4.60. The molecule has 2 aromatic heterocycles. The predicted octanol–water partition coefficient (Wildman–Crippen LogP) is 1.59. The van der Waals surface area contributed by atoms with Crippen LogP contribution >= 0.6 is 0 Å². The van der Waals surface area contributed by atoms with Crippen molar-refractivity contribution in [1.29, 1.82) is 0 Å². The van der Waals surface area contributed by atoms with Gasteiger partial charge in [-0.1, -0.05) is 6.07 Å². The molecule has 2 heterocycles. The first-order valence-corrected chi connectivity index (χ1v) is 5.13. The molecule has 88 valence electrons. The molecule has 0 saturated heterocycles. The van der Waals surface area contributed by atoms with E-state index in [9.17, 15) is 4.79 Å². The van der Waals surface area contributed by atoms with E-state index in [2.05, 4.69) is 20.3 Å². The van der Waals surface area contributed by atoms with Crippen LogP contribution in [0, 0.1) is 0 Å². The van der Waals surface area contributed by atoms with E-state index < -0.39 is 0 Å². The molecule has 0 aliphatic rings. The molecule has 0 aliphatic heterocycles. The van der Waals surface area contributed by atoms with Crippen molar-refractivity contribution in [3.63, 3.8) is 0 Å². The number of aryl methyl sites for hydroxylation is 1. The molecule has 0 aliphatic carbocycles. The van der Waals surface area contributed by atoms with Gasteiger partial charge in [-0.2, -0.15) is 0 Å². The Morgan fingerprint density at radius 3 is 2.88 bits per heavy atom. The molecule has 0 saturated carbocycles. The molecule has 2 rings (SSSR count). The third kappa shape index (κ3) is 2.22. The summed E-state index contributed by atoms with van der Waals surface area (Å²) in [6, 6.07) is 5.24. The minimum absolute atomic E-state index is 0.109. The summed E-state index contributed by atoms with van der Waals surface area (Å²) < 4.78 is 1.51. The van der Waals surface area contributed by atoms with E-state index in [4.69, 9.17) is 5.73 Å². The highest BCUT2D eigenvalue weighted by Crippen LogP contribution is 2.18. The number of aromatic nitrogens is 3. The van der Waals surface area contributed by atoms with Crippen molar-refractivity contribution < 1.29 is 0 Å². The summed E-state index contributed by atoms with van der Waals surface area (Å²) in [6.07, 6.45) is 1.60. The monoisotopic (exact) mass is 232 g/mol. The SMILES string of the molecule is CCn1[nH]c(=O)c(/N=N/c2ccccn2)c1N. The number of hydrogen-bond donors (Lipinski definition) is 2. The number of H-pyrrole nitrogens is 1. The van der Waals surface area contributed by atoms with E-state index in [0.717, 1.165) is 0 Å². The molecular weight excluding hydrogens is 220 g/mol. The van der Waals surface area contributed by atoms with Gasteiger partial charge in [0.25, 0.3) is 5.56 Å². The molecule has 0 bridgehead atoms. The quantitative estimate of drug-likeness (QED) is 0.785. The Bertz CT molecular complexity index is 583. The van der Waals surface area contributed by atoms with Crippen molar-refractivity contribution in [2.24, 2.45) is 10.2 Å². The minimum atomic E-state index is -0.357. The van der Waals surface area contributed by atoms with Gasteiger partial charge in [0, 0.05) is 12.7 Å². The van der Waals surface area contributed by atoms with Gasteiger partial charge in [-0.15, -0.1) is 10.2 Å². The van der Waals surface area contributed by atoms with Gasteiger partial charge in [-0.25, -0.2) is 4.98 Å². The third-order valence-electron chi connectivity index (χ3n) is 2.20. The van der Waals surface area contributed by atoms with E-state index in [-0.39, 0.29) is 17.1 Å². The van der Waals surface area contributed by atoms with E-state index in [1.165, 1.54) is 4.68 Å². The van der Waals surface area contributed by atoms with Crippen molar-refractivity contribution >= 4 is 17.3 Å². The Morgan fingerprint density at radius 2 is 2.29 bits per heavy atom. The number of hydrogen-bond acceptors (Lipinski definition) is 5. The topological polar surface area (TPSA) is 101 Å². The molecule has 0 spiro atoms. The normalized spacial score (nSPS) is 11.1. The molecule has 0 unspecified atom stereocenters. The van der Waals surface area contributed by atoms with Gasteiger partial charge >= 0.3 is 0 Å². The highest BCUT2D eigenvalue weighted by Gasteiger charge is 2.09. The highest BCUT2D eigenvalue weighted by atomic mass is 16.1. The number of azo groups is 1. The Balaban J connectivity index is 2.34. The summed E-state index contributed by atoms with van der Waals surface area (Å²) in [5, 5.41) is 10.2. The number of nitrogens with two attached hydrogens (primary N) is 1. The second-order valence-corrected chi connectivity index (χ2v) is 3.31. The number of nitrogen functional groups attached to an aromatic ring is 1. The van der Waals surface area contributed by atoms with E-state index in [0.29, 0.717) is 12.4 Å². The summed E-state index contributed by atoms with van der Waals surface area (Å²) in [6.45, 7) is 2.44. The first kappa shape index (κ1) is 11.1. The lowest BCUT2D eigenvalue weighted by Crippen LogP contribution is -2.05. The lowest BCUT2D eigenvalue weighted by Gasteiger charge is -1.97. The summed E-state index contributed by atoms with van der Waals surface area (Å²) in [5.74, 6) is 0.702. The number of aromatic amines is 1. The van der Waals surface area contributed by atoms with Crippen molar-refractivity contribution in [2.45, 2.75) is 13.5 Å². The van der Waals surface area contributed by atoms with Gasteiger partial charge in [0.05, 0.1) is 0 Å². The van der Waals surface area contributed by atoms with E-state index in [1.54, 1.807) is 24.4 Å². The van der Waals surface area contributed by atoms with E-state index in [1.807, 2.05) is 6.92 Å². The van der Waals surface area contributed by atoms with Crippen LogP contribution in [0.15, 0.2) is 39.4 Å². The van der Waals surface area contributed by atoms with Crippen molar-refractivity contribution in [2.75, 3.05) is 5.73 Å². The summed E-state index contributed by atoms with van der Waals surface area (Å²) in [7, 11) is 0. The zero-order chi connectivity index (χ0) is 12.3. The lowest BCUT2D eigenvalue weighted by atomic mass is 10.5. The van der Waals surface area contributed by atoms with Crippen molar-refractivity contribution in [3.8, 4) is 0 Å². The fraction of sp³-hybridized carbons (Fsp3) is 0.200. The van der Waals surface area contributed by atoms with Crippen LogP contribution in [-0.2, 0) is 6.54 Å². The predicted molar refractivity (Wildman–Crippen MR) is 63.6 cm³/mol. The molecule has 3 N–H and O–H groups in total. The summed E-state index contributed by atoms with van der Waals surface area (Å²) in [4.78, 5) is 15.5. The fourth-order valence-electron chi connectivity index (χ4n) is 1.34. The van der Waals surface area contributed by atoms with Crippen LogP contribution in [0.5, 0.6) is 0 Å². The molecule has 0 atom stereocenters. The largest absolute Gasteiger partial charge is 0.382 e. The number of pyridine rings is 1. The highest BCUT2D eigenvalue weighted by molar-refractivity contribution is 5.56. The number of nitrogens with zero attached hydrogens (tertiary/aromatic N) is 4. The Morgan fingerprint density at radius 1 is 1.47 bits per heavy atom. The van der Waals surface area contributed by atoms with Gasteiger partial charge in [0.2, 0.25) is 0 Å². The van der Waals surface area contributed by atoms with Crippen LogP contribution in [0.1, 0.15) is 6.92 Å². The Labute approximate surface area is 97.0 Å². The summed E-state index contributed by atoms with van der Waals surface area (Å²) in [5.41, 5.74) is 5.49. The van der Waals surface area contributed by atoms with Gasteiger partial charge < -0.3 is 5.73 Å². The maximum absolute atomic E-state index is 11.5. The third-order valence-corrected chi connectivity index (χ3v) is 2.20. The molecule has 7 heteroatoms. The second-order valence-electron chi connectivity index (χ2n) is 3.31. The van der Waals surface area contributed by atoms with Gasteiger partial charge in [-0.3, -0.25) is 14.6 Å². The average Bonchev–Trinajstić information content (AvgIpc) is 2.63. The number of nitrogens with one attached hydrogen (secondary N) is 1. The molecule has 0 amide bonds. The number of anilines is 1. The number of rotatable bonds is 3. The zero-order valence-corrected chi connectivity index (χ0v) is 9.29. The lowest BCUT2D eigenvalue weighted by molar-refractivity contribution is 0.662. The molecule has 0 radical (unpaired) electrons. The van der Waals surface area contributed by atoms with Crippen molar-refractivity contribution in [3.05, 3.63) is 34.7 Å². The standard InChI is InChI=1S/C10H12N6O/c1-2-16-9(11)8(10(17)15-16)14-13-7-5-3-4-6-12-7/h3-6H,2,11H2,1H3,(H,15,17)/b14-13+. The molecule has 2 aromatic rings. The molecule has 7 nitrogen and oxygen atoms in total.